The predicted octanol–water partition coefficient (Wildman–Crippen LogP) is 4.74. The maximum absolute atomic E-state index is 13.3. The predicted molar refractivity (Wildman–Crippen MR) is 127 cm³/mol. The van der Waals surface area contributed by atoms with Crippen LogP contribution in [-0.4, -0.2) is 16.3 Å². The summed E-state index contributed by atoms with van der Waals surface area (Å²) in [6.45, 7) is 3.93. The zero-order valence-electron chi connectivity index (χ0n) is 18.1. The summed E-state index contributed by atoms with van der Waals surface area (Å²) in [6, 6.07) is 21.9. The van der Waals surface area contributed by atoms with Gasteiger partial charge in [-0.25, -0.2) is 0 Å². The highest BCUT2D eigenvalue weighted by molar-refractivity contribution is 6.10. The molecule has 0 aliphatic carbocycles. The monoisotopic (exact) mass is 424 g/mol. The lowest BCUT2D eigenvalue weighted by molar-refractivity contribution is -0.116. The number of para-hydroxylation sites is 1. The molecule has 4 aromatic rings. The zero-order valence-corrected chi connectivity index (χ0v) is 18.1. The molecule has 1 aromatic heterocycles. The molecule has 0 spiro atoms. The van der Waals surface area contributed by atoms with Gasteiger partial charge in [0.2, 0.25) is 11.3 Å². The number of benzene rings is 3. The molecule has 0 unspecified atom stereocenters. The van der Waals surface area contributed by atoms with Crippen LogP contribution in [0, 0.1) is 6.92 Å². The summed E-state index contributed by atoms with van der Waals surface area (Å²) in [4.78, 5) is 39.2. The molecular formula is C27H24N2O3. The van der Waals surface area contributed by atoms with Crippen LogP contribution in [0.15, 0.2) is 83.8 Å². The van der Waals surface area contributed by atoms with E-state index in [1.165, 1.54) is 6.20 Å². The van der Waals surface area contributed by atoms with Crippen molar-refractivity contribution in [2.24, 2.45) is 0 Å². The molecule has 0 radical (unpaired) electrons. The summed E-state index contributed by atoms with van der Waals surface area (Å²) < 4.78 is 1.68. The minimum atomic E-state index is -0.351. The number of aromatic nitrogens is 1. The highest BCUT2D eigenvalue weighted by Crippen LogP contribution is 2.18. The fraction of sp³-hybridized carbons (Fsp3) is 0.148. The van der Waals surface area contributed by atoms with E-state index in [2.05, 4.69) is 5.32 Å². The Hall–Kier alpha value is -3.99. The molecule has 160 valence electrons. The van der Waals surface area contributed by atoms with Gasteiger partial charge in [0.15, 0.2) is 5.78 Å². The lowest BCUT2D eigenvalue weighted by Gasteiger charge is -2.14. The van der Waals surface area contributed by atoms with Crippen molar-refractivity contribution in [1.29, 1.82) is 0 Å². The van der Waals surface area contributed by atoms with Gasteiger partial charge in [-0.3, -0.25) is 14.4 Å². The summed E-state index contributed by atoms with van der Waals surface area (Å²) in [6.07, 6.45) is 2.27. The highest BCUT2D eigenvalue weighted by Gasteiger charge is 2.18. The standard InChI is InChI=1S/C27H24N2O3/c1-3-19-11-14-24-22(15-19)27(32)23(26(31)20-12-9-18(2)10-13-20)16-29(24)17-25(30)28-21-7-5-4-6-8-21/h4-16H,3,17H2,1-2H3,(H,28,30). The number of ketones is 1. The van der Waals surface area contributed by atoms with E-state index in [0.717, 1.165) is 17.5 Å². The Balaban J connectivity index is 1.79. The second-order valence-electron chi connectivity index (χ2n) is 7.81. The first-order valence-electron chi connectivity index (χ1n) is 10.6. The lowest BCUT2D eigenvalue weighted by Crippen LogP contribution is -2.24. The van der Waals surface area contributed by atoms with E-state index in [-0.39, 0.29) is 29.2 Å². The van der Waals surface area contributed by atoms with Crippen molar-refractivity contribution < 1.29 is 9.59 Å². The molecule has 5 heteroatoms. The van der Waals surface area contributed by atoms with Crippen LogP contribution < -0.4 is 10.7 Å². The van der Waals surface area contributed by atoms with Crippen molar-refractivity contribution in [1.82, 2.24) is 4.57 Å². The van der Waals surface area contributed by atoms with Crippen LogP contribution in [0.3, 0.4) is 0 Å². The topological polar surface area (TPSA) is 68.2 Å². The number of nitrogens with one attached hydrogen (secondary N) is 1. The Morgan fingerprint density at radius 1 is 0.938 bits per heavy atom. The smallest absolute Gasteiger partial charge is 0.244 e. The van der Waals surface area contributed by atoms with E-state index in [4.69, 9.17) is 0 Å². The number of nitrogens with zero attached hydrogens (tertiary/aromatic N) is 1. The average molecular weight is 425 g/mol. The van der Waals surface area contributed by atoms with Gasteiger partial charge in [0.1, 0.15) is 6.54 Å². The van der Waals surface area contributed by atoms with E-state index in [0.29, 0.717) is 22.2 Å². The molecular weight excluding hydrogens is 400 g/mol. The lowest BCUT2D eigenvalue weighted by atomic mass is 10.00. The third-order valence-corrected chi connectivity index (χ3v) is 5.48. The van der Waals surface area contributed by atoms with Crippen LogP contribution in [0.5, 0.6) is 0 Å². The number of rotatable bonds is 6. The molecule has 0 saturated carbocycles. The number of hydrogen-bond acceptors (Lipinski definition) is 3. The minimum absolute atomic E-state index is 0.0225. The zero-order chi connectivity index (χ0) is 22.7. The van der Waals surface area contributed by atoms with Crippen LogP contribution in [0.4, 0.5) is 5.69 Å². The van der Waals surface area contributed by atoms with Gasteiger partial charge in [0.25, 0.3) is 0 Å². The fourth-order valence-electron chi connectivity index (χ4n) is 3.69. The number of hydrogen-bond donors (Lipinski definition) is 1. The van der Waals surface area contributed by atoms with E-state index in [9.17, 15) is 14.4 Å². The van der Waals surface area contributed by atoms with Crippen molar-refractivity contribution >= 4 is 28.3 Å². The van der Waals surface area contributed by atoms with Crippen molar-refractivity contribution in [3.8, 4) is 0 Å². The molecule has 0 bridgehead atoms. The van der Waals surface area contributed by atoms with Crippen LogP contribution in [-0.2, 0) is 17.8 Å². The summed E-state index contributed by atoms with van der Waals surface area (Å²) in [5.74, 6) is -0.592. The molecule has 0 fully saturated rings. The van der Waals surface area contributed by atoms with Crippen LogP contribution in [0.25, 0.3) is 10.9 Å². The summed E-state index contributed by atoms with van der Waals surface area (Å²) in [5.41, 5.74) is 3.52. The van der Waals surface area contributed by atoms with Gasteiger partial charge in [-0.15, -0.1) is 0 Å². The Bertz CT molecular complexity index is 1350. The maximum atomic E-state index is 13.3. The number of amides is 1. The van der Waals surface area contributed by atoms with Gasteiger partial charge in [-0.05, 0) is 43.2 Å². The molecule has 5 nitrogen and oxygen atoms in total. The van der Waals surface area contributed by atoms with Crippen molar-refractivity contribution in [2.45, 2.75) is 26.8 Å². The normalized spacial score (nSPS) is 10.8. The SMILES string of the molecule is CCc1ccc2c(c1)c(=O)c(C(=O)c1ccc(C)cc1)cn2CC(=O)Nc1ccccc1. The molecule has 0 aliphatic rings. The van der Waals surface area contributed by atoms with Crippen LogP contribution in [0.2, 0.25) is 0 Å². The fourth-order valence-corrected chi connectivity index (χ4v) is 3.69. The first-order valence-corrected chi connectivity index (χ1v) is 10.6. The van der Waals surface area contributed by atoms with Gasteiger partial charge in [0.05, 0.1) is 11.1 Å². The third-order valence-electron chi connectivity index (χ3n) is 5.48. The molecule has 1 N–H and O–H groups in total. The Morgan fingerprint density at radius 2 is 1.66 bits per heavy atom. The first-order chi connectivity index (χ1) is 15.5. The Kier molecular flexibility index (Phi) is 5.99. The highest BCUT2D eigenvalue weighted by atomic mass is 16.2. The van der Waals surface area contributed by atoms with E-state index in [1.807, 2.05) is 62.4 Å². The number of carbonyl (C=O) groups excluding carboxylic acids is 2. The summed E-state index contributed by atoms with van der Waals surface area (Å²) in [5, 5.41) is 3.30. The second-order valence-corrected chi connectivity index (χ2v) is 7.81. The average Bonchev–Trinajstić information content (AvgIpc) is 2.81. The van der Waals surface area contributed by atoms with E-state index < -0.39 is 0 Å². The summed E-state index contributed by atoms with van der Waals surface area (Å²) in [7, 11) is 0. The Morgan fingerprint density at radius 3 is 2.34 bits per heavy atom. The number of aryl methyl sites for hydroxylation is 2. The van der Waals surface area contributed by atoms with E-state index >= 15 is 0 Å². The second kappa shape index (κ2) is 9.02. The van der Waals surface area contributed by atoms with Crippen molar-refractivity contribution in [2.75, 3.05) is 5.32 Å². The molecule has 32 heavy (non-hydrogen) atoms. The molecule has 0 atom stereocenters. The van der Waals surface area contributed by atoms with Crippen molar-refractivity contribution in [3.05, 3.63) is 111 Å². The van der Waals surface area contributed by atoms with Gasteiger partial charge >= 0.3 is 0 Å². The number of carbonyl (C=O) groups is 2. The van der Waals surface area contributed by atoms with Gasteiger partial charge < -0.3 is 9.88 Å². The molecule has 3 aromatic carbocycles. The molecule has 4 rings (SSSR count). The third kappa shape index (κ3) is 4.37. The number of fused-ring (bicyclic) bond motifs is 1. The van der Waals surface area contributed by atoms with Gasteiger partial charge in [-0.2, -0.15) is 0 Å². The van der Waals surface area contributed by atoms with Gasteiger partial charge in [-0.1, -0.05) is 61.0 Å². The minimum Gasteiger partial charge on any atom is -0.337 e. The van der Waals surface area contributed by atoms with Crippen LogP contribution in [0.1, 0.15) is 34.0 Å². The maximum Gasteiger partial charge on any atom is 0.244 e. The number of anilines is 1. The molecule has 0 aliphatic heterocycles. The van der Waals surface area contributed by atoms with Crippen LogP contribution >= 0.6 is 0 Å². The van der Waals surface area contributed by atoms with Gasteiger partial charge in [0, 0.05) is 22.8 Å². The Labute approximate surface area is 186 Å². The first kappa shape index (κ1) is 21.2. The molecule has 0 saturated heterocycles. The van der Waals surface area contributed by atoms with E-state index in [1.54, 1.807) is 28.8 Å². The number of pyridine rings is 1. The molecule has 1 amide bonds. The quantitative estimate of drug-likeness (QED) is 0.455. The largest absolute Gasteiger partial charge is 0.337 e. The van der Waals surface area contributed by atoms with Crippen molar-refractivity contribution in [3.63, 3.8) is 0 Å². The molecule has 1 heterocycles. The summed E-state index contributed by atoms with van der Waals surface area (Å²) >= 11 is 0.